The summed E-state index contributed by atoms with van der Waals surface area (Å²) in [6, 6.07) is 4.44. The molecule has 0 radical (unpaired) electrons. The number of amides is 1. The summed E-state index contributed by atoms with van der Waals surface area (Å²) in [5.74, 6) is -0.288. The zero-order valence-corrected chi connectivity index (χ0v) is 11.7. The Bertz CT molecular complexity index is 493. The highest BCUT2D eigenvalue weighted by Crippen LogP contribution is 2.29. The summed E-state index contributed by atoms with van der Waals surface area (Å²) in [6.45, 7) is 3.29. The predicted molar refractivity (Wildman–Crippen MR) is 75.2 cm³/mol. The van der Waals surface area contributed by atoms with Gasteiger partial charge in [0.15, 0.2) is 0 Å². The van der Waals surface area contributed by atoms with Crippen LogP contribution in [0.3, 0.4) is 0 Å². The van der Waals surface area contributed by atoms with Crippen molar-refractivity contribution in [1.29, 1.82) is 0 Å². The first-order valence-corrected chi connectivity index (χ1v) is 6.65. The van der Waals surface area contributed by atoms with Gasteiger partial charge in [0.25, 0.3) is 0 Å². The van der Waals surface area contributed by atoms with Crippen LogP contribution in [0.5, 0.6) is 0 Å². The number of nitrogens with two attached hydrogens (primary N) is 1. The van der Waals surface area contributed by atoms with Crippen molar-refractivity contribution in [3.63, 3.8) is 0 Å². The van der Waals surface area contributed by atoms with Gasteiger partial charge in [-0.3, -0.25) is 0 Å². The van der Waals surface area contributed by atoms with Gasteiger partial charge in [0.05, 0.1) is 13.2 Å². The Morgan fingerprint density at radius 1 is 1.60 bits per heavy atom. The van der Waals surface area contributed by atoms with Gasteiger partial charge in [-0.1, -0.05) is 0 Å². The third kappa shape index (κ3) is 3.19. The molecule has 0 aromatic heterocycles. The van der Waals surface area contributed by atoms with Gasteiger partial charge in [-0.15, -0.1) is 0 Å². The lowest BCUT2D eigenvalue weighted by Crippen LogP contribution is -2.37. The Morgan fingerprint density at radius 2 is 2.35 bits per heavy atom. The standard InChI is InChI=1S/C14H20FN3O2/c1-9(16)12-7-10(15)3-4-13(12)18-6-5-11(8-18)17-14(19)20-2/h3-4,7,9,11H,5-6,8,16H2,1-2H3,(H,17,19)/t9-,11?/m0/s1. The van der Waals surface area contributed by atoms with E-state index in [9.17, 15) is 9.18 Å². The van der Waals surface area contributed by atoms with E-state index in [2.05, 4.69) is 15.0 Å². The Balaban J connectivity index is 2.12. The molecule has 3 N–H and O–H groups in total. The Hall–Kier alpha value is -1.82. The Kier molecular flexibility index (Phi) is 4.44. The lowest BCUT2D eigenvalue weighted by molar-refractivity contribution is 0.167. The van der Waals surface area contributed by atoms with Crippen LogP contribution in [0.15, 0.2) is 18.2 Å². The topological polar surface area (TPSA) is 67.6 Å². The molecule has 20 heavy (non-hydrogen) atoms. The van der Waals surface area contributed by atoms with Crippen LogP contribution in [0.25, 0.3) is 0 Å². The van der Waals surface area contributed by atoms with Crippen molar-refractivity contribution in [2.75, 3.05) is 25.1 Å². The van der Waals surface area contributed by atoms with Crippen LogP contribution in [0.1, 0.15) is 24.9 Å². The highest BCUT2D eigenvalue weighted by atomic mass is 19.1. The van der Waals surface area contributed by atoms with Gasteiger partial charge >= 0.3 is 6.09 Å². The molecule has 0 aliphatic carbocycles. The summed E-state index contributed by atoms with van der Waals surface area (Å²) in [4.78, 5) is 13.3. The minimum atomic E-state index is -0.427. The van der Waals surface area contributed by atoms with Crippen LogP contribution in [-0.2, 0) is 4.74 Å². The molecular formula is C14H20FN3O2. The van der Waals surface area contributed by atoms with Crippen LogP contribution in [0.4, 0.5) is 14.9 Å². The number of benzene rings is 1. The molecule has 110 valence electrons. The minimum absolute atomic E-state index is 0.0356. The normalized spacial score (nSPS) is 19.8. The number of alkyl carbamates (subject to hydrolysis) is 1. The van der Waals surface area contributed by atoms with Gasteiger partial charge in [0, 0.05) is 24.8 Å². The van der Waals surface area contributed by atoms with Gasteiger partial charge < -0.3 is 20.7 Å². The fraction of sp³-hybridized carbons (Fsp3) is 0.500. The van der Waals surface area contributed by atoms with Gasteiger partial charge in [-0.05, 0) is 37.1 Å². The number of halogens is 1. The second-order valence-electron chi connectivity index (χ2n) is 5.06. The summed E-state index contributed by atoms with van der Waals surface area (Å²) in [5.41, 5.74) is 7.61. The third-order valence-corrected chi connectivity index (χ3v) is 3.52. The molecule has 1 aliphatic rings. The summed E-state index contributed by atoms with van der Waals surface area (Å²) >= 11 is 0. The van der Waals surface area contributed by atoms with Crippen molar-refractivity contribution in [1.82, 2.24) is 5.32 Å². The summed E-state index contributed by atoms with van der Waals surface area (Å²) in [5, 5.41) is 2.78. The molecule has 0 spiro atoms. The van der Waals surface area contributed by atoms with E-state index in [1.807, 2.05) is 6.92 Å². The molecule has 1 heterocycles. The van der Waals surface area contributed by atoms with E-state index < -0.39 is 6.09 Å². The number of nitrogens with one attached hydrogen (secondary N) is 1. The maximum atomic E-state index is 13.3. The zero-order valence-electron chi connectivity index (χ0n) is 11.7. The SMILES string of the molecule is COC(=O)NC1CCN(c2ccc(F)cc2[C@H](C)N)C1. The quantitative estimate of drug-likeness (QED) is 0.886. The molecule has 5 nitrogen and oxygen atoms in total. The number of anilines is 1. The second kappa shape index (κ2) is 6.09. The smallest absolute Gasteiger partial charge is 0.407 e. The molecule has 1 aliphatic heterocycles. The second-order valence-corrected chi connectivity index (χ2v) is 5.06. The average Bonchev–Trinajstić information content (AvgIpc) is 2.86. The lowest BCUT2D eigenvalue weighted by Gasteiger charge is -2.23. The number of nitrogens with zero attached hydrogens (tertiary/aromatic N) is 1. The lowest BCUT2D eigenvalue weighted by atomic mass is 10.1. The van der Waals surface area contributed by atoms with Gasteiger partial charge in [0.2, 0.25) is 0 Å². The van der Waals surface area contributed by atoms with Crippen LogP contribution in [0, 0.1) is 5.82 Å². The number of hydrogen-bond donors (Lipinski definition) is 2. The number of methoxy groups -OCH3 is 1. The summed E-state index contributed by atoms with van der Waals surface area (Å²) in [6.07, 6.45) is 0.397. The van der Waals surface area contributed by atoms with Crippen LogP contribution in [0.2, 0.25) is 0 Å². The molecule has 1 unspecified atom stereocenters. The van der Waals surface area contributed by atoms with Crippen molar-refractivity contribution in [3.8, 4) is 0 Å². The van der Waals surface area contributed by atoms with E-state index >= 15 is 0 Å². The van der Waals surface area contributed by atoms with E-state index in [4.69, 9.17) is 5.73 Å². The molecule has 2 atom stereocenters. The predicted octanol–water partition coefficient (Wildman–Crippen LogP) is 1.78. The fourth-order valence-corrected chi connectivity index (χ4v) is 2.50. The molecular weight excluding hydrogens is 261 g/mol. The number of hydrogen-bond acceptors (Lipinski definition) is 4. The largest absolute Gasteiger partial charge is 0.453 e. The summed E-state index contributed by atoms with van der Waals surface area (Å²) in [7, 11) is 1.34. The fourth-order valence-electron chi connectivity index (χ4n) is 2.50. The highest BCUT2D eigenvalue weighted by molar-refractivity contribution is 5.67. The van der Waals surface area contributed by atoms with Crippen molar-refractivity contribution in [3.05, 3.63) is 29.6 Å². The molecule has 0 bridgehead atoms. The minimum Gasteiger partial charge on any atom is -0.453 e. The maximum Gasteiger partial charge on any atom is 0.407 e. The number of ether oxygens (including phenoxy) is 1. The maximum absolute atomic E-state index is 13.3. The van der Waals surface area contributed by atoms with Crippen molar-refractivity contribution in [2.45, 2.75) is 25.4 Å². The Labute approximate surface area is 117 Å². The third-order valence-electron chi connectivity index (χ3n) is 3.52. The van der Waals surface area contributed by atoms with E-state index in [1.165, 1.54) is 19.2 Å². The van der Waals surface area contributed by atoms with Gasteiger partial charge in [-0.2, -0.15) is 0 Å². The molecule has 1 aromatic carbocycles. The Morgan fingerprint density at radius 3 is 3.00 bits per heavy atom. The summed E-state index contributed by atoms with van der Waals surface area (Å²) < 4.78 is 17.9. The molecule has 1 saturated heterocycles. The van der Waals surface area contributed by atoms with Gasteiger partial charge in [0.1, 0.15) is 5.82 Å². The van der Waals surface area contributed by atoms with E-state index in [-0.39, 0.29) is 17.9 Å². The molecule has 0 saturated carbocycles. The number of carbonyl (C=O) groups is 1. The molecule has 6 heteroatoms. The average molecular weight is 281 g/mol. The van der Waals surface area contributed by atoms with Crippen LogP contribution >= 0.6 is 0 Å². The number of rotatable bonds is 3. The first kappa shape index (κ1) is 14.6. The molecule has 1 aromatic rings. The first-order chi connectivity index (χ1) is 9.51. The van der Waals surface area contributed by atoms with Crippen LogP contribution in [-0.4, -0.2) is 32.3 Å². The molecule has 1 amide bonds. The van der Waals surface area contributed by atoms with Gasteiger partial charge in [-0.25, -0.2) is 9.18 Å². The van der Waals surface area contributed by atoms with Crippen molar-refractivity contribution >= 4 is 11.8 Å². The van der Waals surface area contributed by atoms with E-state index in [0.29, 0.717) is 6.54 Å². The molecule has 2 rings (SSSR count). The number of carbonyl (C=O) groups excluding carboxylic acids is 1. The van der Waals surface area contributed by atoms with Crippen molar-refractivity contribution < 1.29 is 13.9 Å². The zero-order chi connectivity index (χ0) is 14.7. The monoisotopic (exact) mass is 281 g/mol. The van der Waals surface area contributed by atoms with E-state index in [1.54, 1.807) is 6.07 Å². The first-order valence-electron chi connectivity index (χ1n) is 6.65. The molecule has 1 fully saturated rings. The highest BCUT2D eigenvalue weighted by Gasteiger charge is 2.26. The van der Waals surface area contributed by atoms with Crippen LogP contribution < -0.4 is 16.0 Å². The van der Waals surface area contributed by atoms with E-state index in [0.717, 1.165) is 24.2 Å². The van der Waals surface area contributed by atoms with Crippen molar-refractivity contribution in [2.24, 2.45) is 5.73 Å².